The van der Waals surface area contributed by atoms with Crippen molar-refractivity contribution in [2.45, 2.75) is 20.3 Å². The van der Waals surface area contributed by atoms with Gasteiger partial charge in [-0.25, -0.2) is 0 Å². The van der Waals surface area contributed by atoms with Gasteiger partial charge >= 0.3 is 0 Å². The van der Waals surface area contributed by atoms with Crippen LogP contribution in [0.4, 0.5) is 5.69 Å². The Kier molecular flexibility index (Phi) is 4.01. The lowest BCUT2D eigenvalue weighted by molar-refractivity contribution is -0.904. The Hall–Kier alpha value is -1.75. The summed E-state index contributed by atoms with van der Waals surface area (Å²) in [6.45, 7) is 7.48. The van der Waals surface area contributed by atoms with E-state index in [1.807, 2.05) is 18.2 Å². The van der Waals surface area contributed by atoms with Gasteiger partial charge in [0.05, 0.1) is 13.1 Å². The highest BCUT2D eigenvalue weighted by molar-refractivity contribution is 5.91. The molecule has 114 valence electrons. The lowest BCUT2D eigenvalue weighted by Crippen LogP contribution is -3.15. The van der Waals surface area contributed by atoms with Crippen molar-refractivity contribution in [3.8, 4) is 11.5 Å². The molecule has 0 aliphatic carbocycles. The molecule has 1 aromatic carbocycles. The Labute approximate surface area is 125 Å². The Morgan fingerprint density at radius 3 is 2.71 bits per heavy atom. The largest absolute Gasteiger partial charge is 0.454 e. The van der Waals surface area contributed by atoms with Gasteiger partial charge in [0.1, 0.15) is 0 Å². The number of hydrogen-bond acceptors (Lipinski definition) is 3. The molecule has 2 aliphatic rings. The molecular formula is C16H23N2O3+. The van der Waals surface area contributed by atoms with Crippen LogP contribution in [0.5, 0.6) is 11.5 Å². The minimum Gasteiger partial charge on any atom is -0.454 e. The number of ether oxygens (including phenoxy) is 2. The minimum absolute atomic E-state index is 0.0603. The summed E-state index contributed by atoms with van der Waals surface area (Å²) in [6, 6.07) is 5.50. The molecule has 1 saturated heterocycles. The van der Waals surface area contributed by atoms with Gasteiger partial charge in [0.15, 0.2) is 18.0 Å². The Morgan fingerprint density at radius 2 is 1.95 bits per heavy atom. The van der Waals surface area contributed by atoms with Crippen molar-refractivity contribution >= 4 is 11.6 Å². The third kappa shape index (κ3) is 3.47. The van der Waals surface area contributed by atoms with E-state index in [-0.39, 0.29) is 12.7 Å². The molecule has 0 radical (unpaired) electrons. The zero-order chi connectivity index (χ0) is 14.8. The van der Waals surface area contributed by atoms with Crippen molar-refractivity contribution in [2.75, 3.05) is 31.7 Å². The van der Waals surface area contributed by atoms with Crippen LogP contribution in [-0.2, 0) is 4.79 Å². The van der Waals surface area contributed by atoms with Crippen LogP contribution in [0.2, 0.25) is 0 Å². The van der Waals surface area contributed by atoms with Gasteiger partial charge in [0.2, 0.25) is 6.79 Å². The molecule has 2 heterocycles. The minimum atomic E-state index is 0.0603. The van der Waals surface area contributed by atoms with Crippen molar-refractivity contribution in [2.24, 2.45) is 11.8 Å². The second-order valence-electron chi connectivity index (χ2n) is 6.40. The van der Waals surface area contributed by atoms with Gasteiger partial charge in [-0.05, 0) is 18.6 Å². The SMILES string of the molecule is C[C@@H]1C[C@@H](C)C[NH+](CC(=O)Nc2ccc3c(c2)OCO3)C1. The number of anilines is 1. The maximum absolute atomic E-state index is 12.2. The quantitative estimate of drug-likeness (QED) is 0.870. The molecule has 5 heteroatoms. The lowest BCUT2D eigenvalue weighted by Gasteiger charge is -2.31. The lowest BCUT2D eigenvalue weighted by atomic mass is 9.92. The van der Waals surface area contributed by atoms with Crippen LogP contribution in [0, 0.1) is 11.8 Å². The van der Waals surface area contributed by atoms with E-state index in [1.54, 1.807) is 0 Å². The molecule has 0 spiro atoms. The number of benzene rings is 1. The number of amides is 1. The Morgan fingerprint density at radius 1 is 1.24 bits per heavy atom. The van der Waals surface area contributed by atoms with E-state index >= 15 is 0 Å². The number of quaternary nitrogens is 1. The van der Waals surface area contributed by atoms with Crippen molar-refractivity contribution in [1.82, 2.24) is 0 Å². The monoisotopic (exact) mass is 291 g/mol. The summed E-state index contributed by atoms with van der Waals surface area (Å²) in [5.74, 6) is 2.88. The summed E-state index contributed by atoms with van der Waals surface area (Å²) in [5, 5.41) is 2.95. The van der Waals surface area contributed by atoms with Crippen LogP contribution in [0.3, 0.4) is 0 Å². The first-order chi connectivity index (χ1) is 10.1. The number of hydrogen-bond donors (Lipinski definition) is 2. The summed E-state index contributed by atoms with van der Waals surface area (Å²) in [6.07, 6.45) is 1.27. The molecule has 2 aliphatic heterocycles. The topological polar surface area (TPSA) is 52.0 Å². The smallest absolute Gasteiger partial charge is 0.279 e. The average molecular weight is 291 g/mol. The summed E-state index contributed by atoms with van der Waals surface area (Å²) in [4.78, 5) is 13.6. The summed E-state index contributed by atoms with van der Waals surface area (Å²) < 4.78 is 10.6. The van der Waals surface area contributed by atoms with E-state index < -0.39 is 0 Å². The number of likely N-dealkylation sites (tertiary alicyclic amines) is 1. The molecule has 21 heavy (non-hydrogen) atoms. The molecule has 1 fully saturated rings. The Bertz CT molecular complexity index is 522. The first kappa shape index (κ1) is 14.2. The normalized spacial score (nSPS) is 27.4. The van der Waals surface area contributed by atoms with Gasteiger partial charge < -0.3 is 19.7 Å². The zero-order valence-electron chi connectivity index (χ0n) is 12.6. The van der Waals surface area contributed by atoms with Gasteiger partial charge in [-0.3, -0.25) is 4.79 Å². The number of carbonyl (C=O) groups is 1. The fourth-order valence-electron chi connectivity index (χ4n) is 3.47. The van der Waals surface area contributed by atoms with Gasteiger partial charge in [-0.2, -0.15) is 0 Å². The predicted molar refractivity (Wildman–Crippen MR) is 79.7 cm³/mol. The molecule has 2 atom stereocenters. The van der Waals surface area contributed by atoms with Crippen LogP contribution in [0.1, 0.15) is 20.3 Å². The maximum Gasteiger partial charge on any atom is 0.279 e. The third-order valence-corrected chi connectivity index (χ3v) is 4.15. The maximum atomic E-state index is 12.2. The van der Waals surface area contributed by atoms with Crippen LogP contribution in [-0.4, -0.2) is 32.3 Å². The number of piperidine rings is 1. The number of carbonyl (C=O) groups excluding carboxylic acids is 1. The van der Waals surface area contributed by atoms with Crippen LogP contribution in [0.15, 0.2) is 18.2 Å². The molecular weight excluding hydrogens is 268 g/mol. The van der Waals surface area contributed by atoms with E-state index in [0.29, 0.717) is 24.1 Å². The highest BCUT2D eigenvalue weighted by Crippen LogP contribution is 2.34. The number of nitrogens with one attached hydrogen (secondary N) is 2. The number of fused-ring (bicyclic) bond motifs is 1. The van der Waals surface area contributed by atoms with Gasteiger partial charge in [-0.1, -0.05) is 13.8 Å². The molecule has 1 aromatic rings. The predicted octanol–water partition coefficient (Wildman–Crippen LogP) is 0.915. The third-order valence-electron chi connectivity index (χ3n) is 4.15. The van der Waals surface area contributed by atoms with E-state index in [1.165, 1.54) is 11.3 Å². The van der Waals surface area contributed by atoms with Crippen molar-refractivity contribution in [1.29, 1.82) is 0 Å². The first-order valence-corrected chi connectivity index (χ1v) is 7.63. The Balaban J connectivity index is 1.56. The average Bonchev–Trinajstić information content (AvgIpc) is 2.84. The molecule has 2 N–H and O–H groups in total. The van der Waals surface area contributed by atoms with Crippen LogP contribution in [0.25, 0.3) is 0 Å². The zero-order valence-corrected chi connectivity index (χ0v) is 12.6. The van der Waals surface area contributed by atoms with Crippen LogP contribution >= 0.6 is 0 Å². The second-order valence-corrected chi connectivity index (χ2v) is 6.40. The first-order valence-electron chi connectivity index (χ1n) is 7.63. The van der Waals surface area contributed by atoms with Crippen molar-refractivity contribution < 1.29 is 19.2 Å². The van der Waals surface area contributed by atoms with E-state index in [9.17, 15) is 4.79 Å². The van der Waals surface area contributed by atoms with Crippen LogP contribution < -0.4 is 19.7 Å². The number of rotatable bonds is 3. The van der Waals surface area contributed by atoms with Gasteiger partial charge in [-0.15, -0.1) is 0 Å². The highest BCUT2D eigenvalue weighted by Gasteiger charge is 2.26. The van der Waals surface area contributed by atoms with Crippen molar-refractivity contribution in [3.05, 3.63) is 18.2 Å². The molecule has 1 amide bonds. The molecule has 3 rings (SSSR count). The fourth-order valence-corrected chi connectivity index (χ4v) is 3.47. The highest BCUT2D eigenvalue weighted by atomic mass is 16.7. The molecule has 5 nitrogen and oxygen atoms in total. The van der Waals surface area contributed by atoms with E-state index in [4.69, 9.17) is 9.47 Å². The molecule has 0 aromatic heterocycles. The molecule has 0 saturated carbocycles. The van der Waals surface area contributed by atoms with E-state index in [0.717, 1.165) is 24.5 Å². The van der Waals surface area contributed by atoms with Gasteiger partial charge in [0, 0.05) is 23.6 Å². The summed E-state index contributed by atoms with van der Waals surface area (Å²) >= 11 is 0. The standard InChI is InChI=1S/C16H22N2O3/c1-11-5-12(2)8-18(7-11)9-16(19)17-13-3-4-14-15(6-13)21-10-20-14/h3-4,6,11-12H,5,7-10H2,1-2H3,(H,17,19)/p+1/t11-,12-/m1/s1. The molecule has 0 unspecified atom stereocenters. The second kappa shape index (κ2) is 5.93. The van der Waals surface area contributed by atoms with E-state index in [2.05, 4.69) is 19.2 Å². The summed E-state index contributed by atoms with van der Waals surface area (Å²) in [7, 11) is 0. The molecule has 0 bridgehead atoms. The van der Waals surface area contributed by atoms with Crippen molar-refractivity contribution in [3.63, 3.8) is 0 Å². The summed E-state index contributed by atoms with van der Waals surface area (Å²) in [5.41, 5.74) is 0.766. The van der Waals surface area contributed by atoms with Gasteiger partial charge in [0.25, 0.3) is 5.91 Å². The fraction of sp³-hybridized carbons (Fsp3) is 0.562.